The molecule has 1 atom stereocenters. The average Bonchev–Trinajstić information content (AvgIpc) is 2.29. The molecule has 0 radical (unpaired) electrons. The first-order valence-corrected chi connectivity index (χ1v) is 6.68. The summed E-state index contributed by atoms with van der Waals surface area (Å²) in [4.78, 5) is 0. The van der Waals surface area contributed by atoms with Gasteiger partial charge >= 0.3 is 0 Å². The monoisotopic (exact) mass is 250 g/mol. The number of hydrogen-bond acceptors (Lipinski definition) is 3. The van der Waals surface area contributed by atoms with Crippen LogP contribution in [0.1, 0.15) is 32.3 Å². The number of benzene rings is 1. The molecular weight excluding hydrogens is 228 g/mol. The van der Waals surface area contributed by atoms with Crippen molar-refractivity contribution in [2.24, 2.45) is 0 Å². The summed E-state index contributed by atoms with van der Waals surface area (Å²) in [6.45, 7) is 6.68. The van der Waals surface area contributed by atoms with Gasteiger partial charge in [-0.05, 0) is 32.4 Å². The summed E-state index contributed by atoms with van der Waals surface area (Å²) in [5.41, 5.74) is 1.18. The summed E-state index contributed by atoms with van der Waals surface area (Å²) in [5.74, 6) is 0.985. The van der Waals surface area contributed by atoms with E-state index < -0.39 is 0 Å². The molecule has 0 saturated heterocycles. The van der Waals surface area contributed by atoms with Gasteiger partial charge in [-0.2, -0.15) is 0 Å². The van der Waals surface area contributed by atoms with E-state index in [2.05, 4.69) is 13.0 Å². The Bertz CT molecular complexity index is 372. The molecule has 0 spiro atoms. The van der Waals surface area contributed by atoms with Crippen LogP contribution in [0.2, 0.25) is 0 Å². The standard InChI is InChI=1S/C15H22O3/c1-4-16-12(3)17-13-9-14(10-13)18-15-8-6-5-7-11(15)2/h5-8,12-14H,4,9-10H2,1-3H3. The van der Waals surface area contributed by atoms with Crippen molar-refractivity contribution in [3.8, 4) is 5.75 Å². The van der Waals surface area contributed by atoms with Crippen molar-refractivity contribution >= 4 is 0 Å². The van der Waals surface area contributed by atoms with Crippen molar-refractivity contribution in [1.29, 1.82) is 0 Å². The van der Waals surface area contributed by atoms with Crippen molar-refractivity contribution in [3.63, 3.8) is 0 Å². The van der Waals surface area contributed by atoms with Crippen LogP contribution in [0, 0.1) is 6.92 Å². The van der Waals surface area contributed by atoms with Gasteiger partial charge in [-0.15, -0.1) is 0 Å². The Morgan fingerprint density at radius 2 is 1.94 bits per heavy atom. The van der Waals surface area contributed by atoms with Gasteiger partial charge in [0, 0.05) is 19.4 Å². The predicted molar refractivity (Wildman–Crippen MR) is 70.8 cm³/mol. The summed E-state index contributed by atoms with van der Waals surface area (Å²) >= 11 is 0. The van der Waals surface area contributed by atoms with Gasteiger partial charge in [0.25, 0.3) is 0 Å². The number of para-hydroxylation sites is 1. The van der Waals surface area contributed by atoms with E-state index in [1.165, 1.54) is 5.56 Å². The average molecular weight is 250 g/mol. The fourth-order valence-corrected chi connectivity index (χ4v) is 2.14. The maximum Gasteiger partial charge on any atom is 0.155 e. The topological polar surface area (TPSA) is 27.7 Å². The van der Waals surface area contributed by atoms with Gasteiger partial charge in [0.1, 0.15) is 11.9 Å². The lowest BCUT2D eigenvalue weighted by molar-refractivity contribution is -0.189. The second-order valence-electron chi connectivity index (χ2n) is 4.76. The first-order chi connectivity index (χ1) is 8.69. The molecule has 0 heterocycles. The normalized spacial score (nSPS) is 24.4. The highest BCUT2D eigenvalue weighted by Gasteiger charge is 2.33. The highest BCUT2D eigenvalue weighted by Crippen LogP contribution is 2.30. The summed E-state index contributed by atoms with van der Waals surface area (Å²) in [7, 11) is 0. The van der Waals surface area contributed by atoms with E-state index in [9.17, 15) is 0 Å². The molecule has 1 aromatic carbocycles. The predicted octanol–water partition coefficient (Wildman–Crippen LogP) is 3.30. The molecule has 1 saturated carbocycles. The van der Waals surface area contributed by atoms with Crippen LogP contribution in [0.5, 0.6) is 5.75 Å². The Balaban J connectivity index is 1.72. The van der Waals surface area contributed by atoms with E-state index in [0.29, 0.717) is 6.61 Å². The van der Waals surface area contributed by atoms with Crippen molar-refractivity contribution < 1.29 is 14.2 Å². The second kappa shape index (κ2) is 6.21. The number of ether oxygens (including phenoxy) is 3. The van der Waals surface area contributed by atoms with E-state index in [1.807, 2.05) is 32.0 Å². The molecule has 0 N–H and O–H groups in total. The van der Waals surface area contributed by atoms with Gasteiger partial charge < -0.3 is 14.2 Å². The quantitative estimate of drug-likeness (QED) is 0.725. The van der Waals surface area contributed by atoms with E-state index in [1.54, 1.807) is 0 Å². The fourth-order valence-electron chi connectivity index (χ4n) is 2.14. The number of aryl methyl sites for hydroxylation is 1. The first-order valence-electron chi connectivity index (χ1n) is 6.68. The molecule has 0 bridgehead atoms. The van der Waals surface area contributed by atoms with Crippen molar-refractivity contribution in [1.82, 2.24) is 0 Å². The third-order valence-corrected chi connectivity index (χ3v) is 3.22. The van der Waals surface area contributed by atoms with Gasteiger partial charge in [-0.1, -0.05) is 18.2 Å². The summed E-state index contributed by atoms with van der Waals surface area (Å²) in [6.07, 6.45) is 2.35. The van der Waals surface area contributed by atoms with Crippen LogP contribution in [-0.4, -0.2) is 25.1 Å². The summed E-state index contributed by atoms with van der Waals surface area (Å²) in [6, 6.07) is 8.12. The van der Waals surface area contributed by atoms with Crippen LogP contribution in [0.3, 0.4) is 0 Å². The van der Waals surface area contributed by atoms with Gasteiger partial charge in [-0.3, -0.25) is 0 Å². The minimum atomic E-state index is -0.112. The molecule has 18 heavy (non-hydrogen) atoms. The Morgan fingerprint density at radius 3 is 2.61 bits per heavy atom. The van der Waals surface area contributed by atoms with Crippen molar-refractivity contribution in [2.45, 2.75) is 52.1 Å². The smallest absolute Gasteiger partial charge is 0.155 e. The van der Waals surface area contributed by atoms with E-state index in [0.717, 1.165) is 18.6 Å². The van der Waals surface area contributed by atoms with Gasteiger partial charge in [0.15, 0.2) is 6.29 Å². The summed E-state index contributed by atoms with van der Waals surface area (Å²) < 4.78 is 17.0. The van der Waals surface area contributed by atoms with Crippen molar-refractivity contribution in [2.75, 3.05) is 6.61 Å². The summed E-state index contributed by atoms with van der Waals surface area (Å²) in [5, 5.41) is 0. The number of rotatable bonds is 6. The molecule has 0 amide bonds. The minimum Gasteiger partial charge on any atom is -0.490 e. The molecule has 1 aromatic rings. The van der Waals surface area contributed by atoms with Crippen LogP contribution in [0.15, 0.2) is 24.3 Å². The molecule has 1 aliphatic carbocycles. The zero-order valence-electron chi connectivity index (χ0n) is 11.4. The van der Waals surface area contributed by atoms with Crippen LogP contribution in [0.4, 0.5) is 0 Å². The highest BCUT2D eigenvalue weighted by molar-refractivity contribution is 5.32. The molecule has 3 nitrogen and oxygen atoms in total. The third kappa shape index (κ3) is 3.47. The van der Waals surface area contributed by atoms with E-state index in [4.69, 9.17) is 14.2 Å². The Morgan fingerprint density at radius 1 is 1.22 bits per heavy atom. The van der Waals surface area contributed by atoms with Crippen LogP contribution < -0.4 is 4.74 Å². The lowest BCUT2D eigenvalue weighted by Crippen LogP contribution is -2.41. The lowest BCUT2D eigenvalue weighted by Gasteiger charge is -2.36. The molecule has 1 unspecified atom stereocenters. The third-order valence-electron chi connectivity index (χ3n) is 3.22. The maximum absolute atomic E-state index is 5.93. The van der Waals surface area contributed by atoms with Gasteiger partial charge in [0.05, 0.1) is 6.10 Å². The van der Waals surface area contributed by atoms with Crippen molar-refractivity contribution in [3.05, 3.63) is 29.8 Å². The molecule has 2 rings (SSSR count). The lowest BCUT2D eigenvalue weighted by atomic mass is 9.92. The number of hydrogen-bond donors (Lipinski definition) is 0. The zero-order chi connectivity index (χ0) is 13.0. The van der Waals surface area contributed by atoms with Crippen LogP contribution >= 0.6 is 0 Å². The second-order valence-corrected chi connectivity index (χ2v) is 4.76. The Kier molecular flexibility index (Phi) is 4.61. The first kappa shape index (κ1) is 13.4. The fraction of sp³-hybridized carbons (Fsp3) is 0.600. The molecule has 0 aromatic heterocycles. The molecule has 100 valence electrons. The Labute approximate surface area is 109 Å². The minimum absolute atomic E-state index is 0.112. The van der Waals surface area contributed by atoms with Gasteiger partial charge in [0.2, 0.25) is 0 Å². The van der Waals surface area contributed by atoms with E-state index in [-0.39, 0.29) is 18.5 Å². The molecule has 1 aliphatic rings. The molecular formula is C15H22O3. The highest BCUT2D eigenvalue weighted by atomic mass is 16.7. The van der Waals surface area contributed by atoms with Crippen LogP contribution in [0.25, 0.3) is 0 Å². The Hall–Kier alpha value is -1.06. The maximum atomic E-state index is 5.93. The van der Waals surface area contributed by atoms with E-state index >= 15 is 0 Å². The SMILES string of the molecule is CCOC(C)OC1CC(Oc2ccccc2C)C1. The molecule has 0 aliphatic heterocycles. The molecule has 1 fully saturated rings. The van der Waals surface area contributed by atoms with Gasteiger partial charge in [-0.25, -0.2) is 0 Å². The van der Waals surface area contributed by atoms with Crippen LogP contribution in [-0.2, 0) is 9.47 Å². The zero-order valence-corrected chi connectivity index (χ0v) is 11.4. The molecule has 3 heteroatoms. The largest absolute Gasteiger partial charge is 0.490 e.